The second kappa shape index (κ2) is 7.94. The zero-order chi connectivity index (χ0) is 22.3. The Hall–Kier alpha value is -3.39. The van der Waals surface area contributed by atoms with Gasteiger partial charge in [0, 0.05) is 30.8 Å². The van der Waals surface area contributed by atoms with Gasteiger partial charge in [0.05, 0.1) is 12.6 Å². The Morgan fingerprint density at radius 2 is 2.00 bits per heavy atom. The number of nitrogens with zero attached hydrogens (tertiary/aromatic N) is 2. The fraction of sp³-hybridized carbons (Fsp3) is 0.375. The van der Waals surface area contributed by atoms with E-state index in [2.05, 4.69) is 0 Å². The quantitative estimate of drug-likeness (QED) is 0.723. The normalized spacial score (nSPS) is 24.1. The molecule has 2 N–H and O–H groups in total. The highest BCUT2D eigenvalue weighted by Crippen LogP contribution is 2.45. The third-order valence-corrected chi connectivity index (χ3v) is 6.54. The van der Waals surface area contributed by atoms with Crippen LogP contribution in [0.3, 0.4) is 0 Å². The van der Waals surface area contributed by atoms with E-state index in [0.717, 1.165) is 22.4 Å². The predicted molar refractivity (Wildman–Crippen MR) is 115 cm³/mol. The molecule has 32 heavy (non-hydrogen) atoms. The van der Waals surface area contributed by atoms with Crippen LogP contribution in [0.25, 0.3) is 0 Å². The number of nitrogen functional groups attached to an aromatic ring is 1. The van der Waals surface area contributed by atoms with Gasteiger partial charge >= 0.3 is 6.09 Å². The van der Waals surface area contributed by atoms with Gasteiger partial charge in [-0.25, -0.2) is 9.69 Å². The second-order valence-corrected chi connectivity index (χ2v) is 8.53. The predicted octanol–water partition coefficient (Wildman–Crippen LogP) is 2.21. The van der Waals surface area contributed by atoms with Crippen molar-refractivity contribution in [2.24, 2.45) is 0 Å². The van der Waals surface area contributed by atoms with Crippen LogP contribution >= 0.6 is 0 Å². The maximum absolute atomic E-state index is 13.4. The Labute approximate surface area is 185 Å². The van der Waals surface area contributed by atoms with E-state index in [1.54, 1.807) is 23.1 Å². The van der Waals surface area contributed by atoms with Gasteiger partial charge in [0.2, 0.25) is 11.5 Å². The summed E-state index contributed by atoms with van der Waals surface area (Å²) in [5, 5.41) is 0. The number of carbonyl (C=O) groups is 3. The largest absolute Gasteiger partial charge is 0.427 e. The van der Waals surface area contributed by atoms with Crippen molar-refractivity contribution < 1.29 is 23.9 Å². The summed E-state index contributed by atoms with van der Waals surface area (Å²) in [6.07, 6.45) is 0.872. The van der Waals surface area contributed by atoms with E-state index in [1.807, 2.05) is 30.3 Å². The second-order valence-electron chi connectivity index (χ2n) is 8.53. The molecule has 2 unspecified atom stereocenters. The van der Waals surface area contributed by atoms with Crippen LogP contribution in [0.5, 0.6) is 0 Å². The molecular weight excluding hydrogens is 410 g/mol. The first-order chi connectivity index (χ1) is 15.5. The zero-order valence-electron chi connectivity index (χ0n) is 17.7. The van der Waals surface area contributed by atoms with Gasteiger partial charge in [-0.05, 0) is 36.1 Å². The lowest BCUT2D eigenvalue weighted by molar-refractivity contribution is -0.143. The summed E-state index contributed by atoms with van der Waals surface area (Å²) in [7, 11) is 0. The van der Waals surface area contributed by atoms with Gasteiger partial charge in [-0.1, -0.05) is 36.4 Å². The van der Waals surface area contributed by atoms with Gasteiger partial charge in [-0.15, -0.1) is 0 Å². The van der Waals surface area contributed by atoms with Crippen molar-refractivity contribution in [3.63, 3.8) is 0 Å². The number of imide groups is 1. The molecule has 2 fully saturated rings. The molecule has 1 spiro atoms. The first-order valence-corrected chi connectivity index (χ1v) is 10.8. The molecule has 0 bridgehead atoms. The molecule has 2 aliphatic heterocycles. The Bertz CT molecular complexity index is 1070. The van der Waals surface area contributed by atoms with Gasteiger partial charge in [-0.2, -0.15) is 0 Å². The number of anilines is 1. The van der Waals surface area contributed by atoms with Gasteiger partial charge in [-0.3, -0.25) is 9.59 Å². The molecule has 2 saturated heterocycles. The molecule has 0 radical (unpaired) electrons. The third kappa shape index (κ3) is 3.40. The number of nitrogens with two attached hydrogens (primary N) is 1. The van der Waals surface area contributed by atoms with Gasteiger partial charge in [0.25, 0.3) is 5.91 Å². The number of benzene rings is 2. The molecule has 0 saturated carbocycles. The molecule has 8 nitrogen and oxygen atoms in total. The molecule has 2 heterocycles. The summed E-state index contributed by atoms with van der Waals surface area (Å²) in [5.41, 5.74) is 7.63. The number of aryl methyl sites for hydroxylation is 1. The topological polar surface area (TPSA) is 102 Å². The van der Waals surface area contributed by atoms with Crippen LogP contribution in [-0.4, -0.2) is 53.5 Å². The summed E-state index contributed by atoms with van der Waals surface area (Å²) >= 11 is 0. The van der Waals surface area contributed by atoms with E-state index in [9.17, 15) is 14.4 Å². The maximum Gasteiger partial charge on any atom is 0.418 e. The van der Waals surface area contributed by atoms with Crippen molar-refractivity contribution in [1.82, 2.24) is 9.80 Å². The lowest BCUT2D eigenvalue weighted by atomic mass is 9.94. The first-order valence-electron chi connectivity index (χ1n) is 10.8. The third-order valence-electron chi connectivity index (χ3n) is 6.54. The van der Waals surface area contributed by atoms with Gasteiger partial charge in [0.1, 0.15) is 6.54 Å². The Balaban J connectivity index is 1.37. The first kappa shape index (κ1) is 20.5. The van der Waals surface area contributed by atoms with E-state index >= 15 is 0 Å². The fourth-order valence-corrected chi connectivity index (χ4v) is 4.87. The number of hydrogen-bond donors (Lipinski definition) is 1. The van der Waals surface area contributed by atoms with Gasteiger partial charge in [0.15, 0.2) is 0 Å². The minimum Gasteiger partial charge on any atom is -0.427 e. The van der Waals surface area contributed by atoms with Crippen LogP contribution in [0.4, 0.5) is 10.5 Å². The van der Waals surface area contributed by atoms with E-state index in [0.29, 0.717) is 43.9 Å². The van der Waals surface area contributed by atoms with Crippen LogP contribution in [-0.2, 0) is 37.6 Å². The average molecular weight is 435 g/mol. The summed E-state index contributed by atoms with van der Waals surface area (Å²) < 4.78 is 11.1. The molecule has 3 amide bonds. The lowest BCUT2D eigenvalue weighted by Crippen LogP contribution is -2.48. The number of carbonyl (C=O) groups excluding carboxylic acids is 3. The monoisotopic (exact) mass is 435 g/mol. The van der Waals surface area contributed by atoms with Crippen LogP contribution in [0.15, 0.2) is 48.5 Å². The Kier molecular flexibility index (Phi) is 5.09. The van der Waals surface area contributed by atoms with Crippen LogP contribution < -0.4 is 5.73 Å². The van der Waals surface area contributed by atoms with Crippen molar-refractivity contribution in [2.45, 2.75) is 37.5 Å². The Morgan fingerprint density at radius 1 is 1.19 bits per heavy atom. The van der Waals surface area contributed by atoms with E-state index < -0.39 is 17.6 Å². The Morgan fingerprint density at radius 3 is 2.75 bits per heavy atom. The summed E-state index contributed by atoms with van der Waals surface area (Å²) in [5.74, 6) is -0.788. The highest BCUT2D eigenvalue weighted by molar-refractivity contribution is 6.06. The van der Waals surface area contributed by atoms with Crippen LogP contribution in [0.1, 0.15) is 29.5 Å². The van der Waals surface area contributed by atoms with Crippen LogP contribution in [0.2, 0.25) is 0 Å². The standard InChI is InChI=1S/C24H25N3O5/c25-18-6-7-20-17(12-18)8-10-24(20)22(29)27(23(30)32-24)14-21(28)26(19-9-11-31-15-19)13-16-4-2-1-3-5-16/h1-7,12,19H,8-11,13-15,25H2. The summed E-state index contributed by atoms with van der Waals surface area (Å²) in [6.45, 7) is 1.05. The number of fused-ring (bicyclic) bond motifs is 2. The highest BCUT2D eigenvalue weighted by atomic mass is 16.6. The number of amides is 3. The van der Waals surface area contributed by atoms with Crippen LogP contribution in [0, 0.1) is 0 Å². The molecule has 2 aromatic carbocycles. The molecule has 2 aromatic rings. The van der Waals surface area contributed by atoms with E-state index in [4.69, 9.17) is 15.2 Å². The van der Waals surface area contributed by atoms with Crippen molar-refractivity contribution in [3.8, 4) is 0 Å². The molecule has 5 rings (SSSR count). The average Bonchev–Trinajstić information content (AvgIpc) is 3.49. The van der Waals surface area contributed by atoms with Gasteiger partial charge < -0.3 is 20.1 Å². The number of hydrogen-bond acceptors (Lipinski definition) is 6. The number of ether oxygens (including phenoxy) is 2. The maximum atomic E-state index is 13.4. The van der Waals surface area contributed by atoms with E-state index in [-0.39, 0.29) is 18.5 Å². The molecule has 166 valence electrons. The molecule has 2 atom stereocenters. The highest BCUT2D eigenvalue weighted by Gasteiger charge is 2.58. The zero-order valence-corrected chi connectivity index (χ0v) is 17.7. The summed E-state index contributed by atoms with van der Waals surface area (Å²) in [6, 6.07) is 14.8. The lowest BCUT2D eigenvalue weighted by Gasteiger charge is -2.29. The minimum absolute atomic E-state index is 0.0967. The smallest absolute Gasteiger partial charge is 0.418 e. The minimum atomic E-state index is -1.36. The molecule has 3 aliphatic rings. The van der Waals surface area contributed by atoms with E-state index in [1.165, 1.54) is 0 Å². The molecule has 1 aliphatic carbocycles. The van der Waals surface area contributed by atoms with Crippen molar-refractivity contribution >= 4 is 23.6 Å². The van der Waals surface area contributed by atoms with Crippen molar-refractivity contribution in [1.29, 1.82) is 0 Å². The molecule has 8 heteroatoms. The fourth-order valence-electron chi connectivity index (χ4n) is 4.87. The molecule has 0 aromatic heterocycles. The number of rotatable bonds is 5. The summed E-state index contributed by atoms with van der Waals surface area (Å²) in [4.78, 5) is 42.1. The molecular formula is C24H25N3O5. The van der Waals surface area contributed by atoms with Crippen molar-refractivity contribution in [3.05, 3.63) is 65.2 Å². The SMILES string of the molecule is Nc1ccc2c(c1)CCC21OC(=O)N(CC(=O)N(Cc2ccccc2)C2CCOC2)C1=O. The van der Waals surface area contributed by atoms with Crippen molar-refractivity contribution in [2.75, 3.05) is 25.5 Å².